The highest BCUT2D eigenvalue weighted by Crippen LogP contribution is 2.41. The van der Waals surface area contributed by atoms with E-state index in [2.05, 4.69) is 26.1 Å². The standard InChI is InChI=1S/C8H21B4NO2/c1-6(2,3)13-4-7(9,10)8(11,12)5(14)15/h13H,4,9-12H2,1-3H3,(H,14,15). The summed E-state index contributed by atoms with van der Waals surface area (Å²) >= 11 is 0. The highest BCUT2D eigenvalue weighted by atomic mass is 16.4. The fourth-order valence-electron chi connectivity index (χ4n) is 0.997. The van der Waals surface area contributed by atoms with Gasteiger partial charge in [0.2, 0.25) is 0 Å². The molecule has 0 unspecified atom stereocenters. The summed E-state index contributed by atoms with van der Waals surface area (Å²) in [6.45, 7) is 6.93. The maximum atomic E-state index is 11.2. The van der Waals surface area contributed by atoms with E-state index in [1.54, 1.807) is 15.7 Å². The molecule has 0 radical (unpaired) electrons. The Morgan fingerprint density at radius 3 is 1.87 bits per heavy atom. The zero-order valence-electron chi connectivity index (χ0n) is 11.1. The summed E-state index contributed by atoms with van der Waals surface area (Å²) in [5.74, 6) is -0.747. The second kappa shape index (κ2) is 4.28. The number of hydrogen-bond donors (Lipinski definition) is 2. The normalized spacial score (nSPS) is 13.8. The summed E-state index contributed by atoms with van der Waals surface area (Å²) in [7, 11) is 7.53. The van der Waals surface area contributed by atoms with Crippen LogP contribution in [0, 0.1) is 0 Å². The van der Waals surface area contributed by atoms with Gasteiger partial charge >= 0.3 is 0 Å². The Morgan fingerprint density at radius 2 is 1.60 bits per heavy atom. The van der Waals surface area contributed by atoms with Gasteiger partial charge in [0, 0.05) is 10.8 Å². The van der Waals surface area contributed by atoms with E-state index in [1.165, 1.54) is 0 Å². The Kier molecular flexibility index (Phi) is 4.19. The van der Waals surface area contributed by atoms with Gasteiger partial charge in [-0.1, -0.05) is 5.21 Å². The smallest absolute Gasteiger partial charge is 0.292 e. The predicted octanol–water partition coefficient (Wildman–Crippen LogP) is -2.78. The lowest BCUT2D eigenvalue weighted by Gasteiger charge is -2.41. The van der Waals surface area contributed by atoms with E-state index >= 15 is 0 Å². The molecule has 0 fully saturated rings. The Hall–Kier alpha value is -0.310. The minimum absolute atomic E-state index is 0.0197. The number of hydrogen-bond acceptors (Lipinski definition) is 2. The van der Waals surface area contributed by atoms with E-state index in [1.807, 2.05) is 15.7 Å². The number of carbonyl (C=O) groups is 1. The van der Waals surface area contributed by atoms with E-state index in [0.717, 1.165) is 0 Å². The minimum Gasteiger partial charge on any atom is -0.482 e. The fourth-order valence-corrected chi connectivity index (χ4v) is 0.997. The van der Waals surface area contributed by atoms with Crippen LogP contribution in [0.4, 0.5) is 0 Å². The van der Waals surface area contributed by atoms with E-state index in [-0.39, 0.29) is 10.8 Å². The molecule has 0 saturated heterocycles. The van der Waals surface area contributed by atoms with Gasteiger partial charge in [-0.15, -0.1) is 0 Å². The summed E-state index contributed by atoms with van der Waals surface area (Å²) in [5, 5.41) is 11.5. The molecule has 0 aliphatic carbocycles. The average molecular weight is 207 g/mol. The zero-order chi connectivity index (χ0) is 12.5. The Morgan fingerprint density at radius 1 is 1.20 bits per heavy atom. The van der Waals surface area contributed by atoms with Gasteiger partial charge in [-0.3, -0.25) is 4.79 Å². The van der Waals surface area contributed by atoms with Gasteiger partial charge in [0.15, 0.2) is 0 Å². The molecule has 0 aromatic heterocycles. The van der Waals surface area contributed by atoms with Crippen LogP contribution in [0.5, 0.6) is 0 Å². The topological polar surface area (TPSA) is 49.3 Å². The third-order valence-electron chi connectivity index (χ3n) is 3.29. The number of carboxylic acids is 1. The Bertz CT molecular complexity index is 248. The molecule has 82 valence electrons. The van der Waals surface area contributed by atoms with Crippen LogP contribution in [0.15, 0.2) is 0 Å². The van der Waals surface area contributed by atoms with Gasteiger partial charge < -0.3 is 10.4 Å². The molecule has 2 N–H and O–H groups in total. The molecule has 0 atom stereocenters. The summed E-state index contributed by atoms with van der Waals surface area (Å²) in [6, 6.07) is 0. The molecule has 0 saturated carbocycles. The highest BCUT2D eigenvalue weighted by molar-refractivity contribution is 6.60. The third-order valence-corrected chi connectivity index (χ3v) is 3.29. The van der Waals surface area contributed by atoms with Crippen LogP contribution in [-0.2, 0) is 4.79 Å². The van der Waals surface area contributed by atoms with Gasteiger partial charge in [0.1, 0.15) is 31.4 Å². The van der Waals surface area contributed by atoms with Crippen molar-refractivity contribution in [3.8, 4) is 0 Å². The van der Waals surface area contributed by atoms with Crippen LogP contribution in [-0.4, -0.2) is 54.5 Å². The van der Waals surface area contributed by atoms with Gasteiger partial charge in [0.05, 0.1) is 0 Å². The zero-order valence-corrected chi connectivity index (χ0v) is 11.1. The molecule has 0 bridgehead atoms. The predicted molar refractivity (Wildman–Crippen MR) is 75.0 cm³/mol. The fraction of sp³-hybridized carbons (Fsp3) is 0.875. The molecule has 0 aliphatic rings. The van der Waals surface area contributed by atoms with Crippen molar-refractivity contribution in [3.63, 3.8) is 0 Å². The van der Waals surface area contributed by atoms with Crippen molar-refractivity contribution < 1.29 is 9.90 Å². The maximum Gasteiger partial charge on any atom is 0.292 e. The van der Waals surface area contributed by atoms with Crippen molar-refractivity contribution in [2.75, 3.05) is 6.54 Å². The first-order valence-corrected chi connectivity index (χ1v) is 5.38. The Labute approximate surface area is 96.4 Å². The van der Waals surface area contributed by atoms with Crippen molar-refractivity contribution in [1.82, 2.24) is 5.32 Å². The number of nitrogens with one attached hydrogen (secondary N) is 1. The third kappa shape index (κ3) is 3.98. The summed E-state index contributed by atoms with van der Waals surface area (Å²) in [5.41, 5.74) is 0.0197. The lowest BCUT2D eigenvalue weighted by Crippen LogP contribution is -2.49. The lowest BCUT2D eigenvalue weighted by atomic mass is 9.29. The van der Waals surface area contributed by atoms with Gasteiger partial charge in [-0.05, 0) is 27.3 Å². The molecule has 0 amide bonds. The molecule has 0 spiro atoms. The monoisotopic (exact) mass is 207 g/mol. The van der Waals surface area contributed by atoms with Crippen LogP contribution in [0.3, 0.4) is 0 Å². The largest absolute Gasteiger partial charge is 0.482 e. The van der Waals surface area contributed by atoms with Crippen molar-refractivity contribution in [1.29, 1.82) is 0 Å². The molecule has 7 heteroatoms. The first-order chi connectivity index (χ1) is 6.40. The molecule has 0 heterocycles. The van der Waals surface area contributed by atoms with Crippen LogP contribution in [0.25, 0.3) is 0 Å². The van der Waals surface area contributed by atoms with E-state index in [4.69, 9.17) is 0 Å². The number of carboxylic acid groups (broad SMARTS) is 1. The van der Waals surface area contributed by atoms with Crippen molar-refractivity contribution >= 4 is 37.4 Å². The molecular weight excluding hydrogens is 185 g/mol. The van der Waals surface area contributed by atoms with Crippen LogP contribution < -0.4 is 5.32 Å². The summed E-state index contributed by atoms with van der Waals surface area (Å²) < 4.78 is 0. The van der Waals surface area contributed by atoms with Crippen LogP contribution in [0.1, 0.15) is 20.8 Å². The van der Waals surface area contributed by atoms with Gasteiger partial charge in [-0.25, -0.2) is 0 Å². The quantitative estimate of drug-likeness (QED) is 0.490. The van der Waals surface area contributed by atoms with Crippen molar-refractivity contribution in [2.45, 2.75) is 36.7 Å². The average Bonchev–Trinajstić information content (AvgIpc) is 1.99. The SMILES string of the molecule is BC(B)(CNC(C)(C)C)C(B)(B)C(=O)O. The summed E-state index contributed by atoms with van der Waals surface area (Å²) in [6.07, 6.45) is 0. The molecule has 15 heavy (non-hydrogen) atoms. The summed E-state index contributed by atoms with van der Waals surface area (Å²) in [4.78, 5) is 11.2. The second-order valence-electron chi connectivity index (χ2n) is 6.42. The van der Waals surface area contributed by atoms with Gasteiger partial charge in [0.25, 0.3) is 5.97 Å². The van der Waals surface area contributed by atoms with E-state index in [9.17, 15) is 9.90 Å². The van der Waals surface area contributed by atoms with Crippen LogP contribution in [0.2, 0.25) is 10.4 Å². The second-order valence-corrected chi connectivity index (χ2v) is 6.42. The molecule has 0 aliphatic heterocycles. The molecule has 0 aromatic carbocycles. The molecular formula is C8H21B4NO2. The van der Waals surface area contributed by atoms with E-state index < -0.39 is 11.2 Å². The maximum absolute atomic E-state index is 11.2. The van der Waals surface area contributed by atoms with Crippen molar-refractivity contribution in [3.05, 3.63) is 0 Å². The minimum atomic E-state index is -0.747. The molecule has 3 nitrogen and oxygen atoms in total. The lowest BCUT2D eigenvalue weighted by molar-refractivity contribution is -0.138. The molecule has 0 aromatic rings. The van der Waals surface area contributed by atoms with Gasteiger partial charge in [-0.2, -0.15) is 0 Å². The highest BCUT2D eigenvalue weighted by Gasteiger charge is 2.42. The molecule has 0 rings (SSSR count). The first-order valence-electron chi connectivity index (χ1n) is 5.38. The van der Waals surface area contributed by atoms with E-state index in [0.29, 0.717) is 6.54 Å². The number of aliphatic carboxylic acids is 1. The van der Waals surface area contributed by atoms with Crippen LogP contribution >= 0.6 is 0 Å². The Balaban J connectivity index is 4.62. The number of rotatable bonds is 4. The van der Waals surface area contributed by atoms with Crippen molar-refractivity contribution in [2.24, 2.45) is 0 Å². The first kappa shape index (κ1) is 14.7.